The number of nitrogens with two attached hydrogens (primary N) is 2. The van der Waals surface area contributed by atoms with E-state index < -0.39 is 0 Å². The van der Waals surface area contributed by atoms with Gasteiger partial charge in [-0.1, -0.05) is 49.0 Å². The van der Waals surface area contributed by atoms with E-state index in [0.717, 1.165) is 27.8 Å². The SMILES string of the molecule is C=C(c1ccc(CN)cc1)c1cccc(CN)c1. The van der Waals surface area contributed by atoms with Crippen LogP contribution in [0.5, 0.6) is 0 Å². The smallest absolute Gasteiger partial charge is 0.0178 e. The third-order valence-electron chi connectivity index (χ3n) is 3.05. The minimum absolute atomic E-state index is 0.549. The molecule has 2 heteroatoms. The summed E-state index contributed by atoms with van der Waals surface area (Å²) in [6.07, 6.45) is 0. The van der Waals surface area contributed by atoms with Gasteiger partial charge >= 0.3 is 0 Å². The van der Waals surface area contributed by atoms with E-state index in [1.54, 1.807) is 0 Å². The second-order valence-electron chi connectivity index (χ2n) is 4.28. The molecule has 2 nitrogen and oxygen atoms in total. The van der Waals surface area contributed by atoms with E-state index in [1.165, 1.54) is 0 Å². The minimum Gasteiger partial charge on any atom is -0.326 e. The lowest BCUT2D eigenvalue weighted by Crippen LogP contribution is -1.98. The van der Waals surface area contributed by atoms with Crippen LogP contribution in [-0.2, 0) is 13.1 Å². The molecule has 2 aromatic rings. The van der Waals surface area contributed by atoms with Gasteiger partial charge in [0.1, 0.15) is 0 Å². The van der Waals surface area contributed by atoms with Crippen LogP contribution in [0.4, 0.5) is 0 Å². The summed E-state index contributed by atoms with van der Waals surface area (Å²) in [6.45, 7) is 5.27. The molecule has 0 bridgehead atoms. The molecule has 0 saturated heterocycles. The first-order valence-electron chi connectivity index (χ1n) is 6.02. The third kappa shape index (κ3) is 2.67. The Labute approximate surface area is 108 Å². The summed E-state index contributed by atoms with van der Waals surface area (Å²) in [7, 11) is 0. The van der Waals surface area contributed by atoms with Crippen molar-refractivity contribution >= 4 is 5.57 Å². The topological polar surface area (TPSA) is 52.0 Å². The maximum atomic E-state index is 5.65. The molecule has 0 aliphatic heterocycles. The first kappa shape index (κ1) is 12.6. The molecule has 0 atom stereocenters. The molecule has 18 heavy (non-hydrogen) atoms. The van der Waals surface area contributed by atoms with Crippen molar-refractivity contribution in [2.75, 3.05) is 0 Å². The van der Waals surface area contributed by atoms with E-state index in [9.17, 15) is 0 Å². The van der Waals surface area contributed by atoms with Crippen LogP contribution < -0.4 is 11.5 Å². The van der Waals surface area contributed by atoms with Crippen LogP contribution in [-0.4, -0.2) is 0 Å². The predicted octanol–water partition coefficient (Wildman–Crippen LogP) is 2.67. The molecule has 92 valence electrons. The molecule has 0 heterocycles. The summed E-state index contributed by atoms with van der Waals surface area (Å²) < 4.78 is 0. The summed E-state index contributed by atoms with van der Waals surface area (Å²) in [5.41, 5.74) is 16.7. The first-order valence-corrected chi connectivity index (χ1v) is 6.02. The van der Waals surface area contributed by atoms with E-state index >= 15 is 0 Å². The molecule has 4 N–H and O–H groups in total. The summed E-state index contributed by atoms with van der Waals surface area (Å²) in [5, 5.41) is 0. The van der Waals surface area contributed by atoms with Crippen LogP contribution in [0.1, 0.15) is 22.3 Å². The molecule has 0 saturated carbocycles. The van der Waals surface area contributed by atoms with Gasteiger partial charge in [0, 0.05) is 13.1 Å². The Kier molecular flexibility index (Phi) is 3.92. The van der Waals surface area contributed by atoms with Gasteiger partial charge < -0.3 is 11.5 Å². The highest BCUT2D eigenvalue weighted by Gasteiger charge is 2.03. The van der Waals surface area contributed by atoms with Gasteiger partial charge in [0.05, 0.1) is 0 Å². The number of rotatable bonds is 4. The highest BCUT2D eigenvalue weighted by atomic mass is 14.5. The maximum absolute atomic E-state index is 5.65. The Bertz CT molecular complexity index is 541. The summed E-state index contributed by atoms with van der Waals surface area (Å²) >= 11 is 0. The Hall–Kier alpha value is -1.90. The molecule has 2 rings (SSSR count). The summed E-state index contributed by atoms with van der Waals surface area (Å²) in [6, 6.07) is 16.3. The fourth-order valence-corrected chi connectivity index (χ4v) is 1.89. The normalized spacial score (nSPS) is 10.3. The van der Waals surface area contributed by atoms with Gasteiger partial charge in [-0.15, -0.1) is 0 Å². The molecular weight excluding hydrogens is 220 g/mol. The van der Waals surface area contributed by atoms with Crippen LogP contribution in [0.25, 0.3) is 5.57 Å². The van der Waals surface area contributed by atoms with Gasteiger partial charge in [-0.05, 0) is 33.9 Å². The average Bonchev–Trinajstić information content (AvgIpc) is 2.46. The first-order chi connectivity index (χ1) is 8.74. The van der Waals surface area contributed by atoms with Crippen molar-refractivity contribution in [3.8, 4) is 0 Å². The molecule has 0 spiro atoms. The monoisotopic (exact) mass is 238 g/mol. The Morgan fingerprint density at radius 1 is 0.833 bits per heavy atom. The van der Waals surface area contributed by atoms with Gasteiger partial charge in [0.15, 0.2) is 0 Å². The molecule has 0 radical (unpaired) electrons. The highest BCUT2D eigenvalue weighted by Crippen LogP contribution is 2.22. The molecule has 0 amide bonds. The number of hydrogen-bond donors (Lipinski definition) is 2. The molecule has 0 unspecified atom stereocenters. The zero-order valence-electron chi connectivity index (χ0n) is 10.4. The van der Waals surface area contributed by atoms with Crippen molar-refractivity contribution in [1.82, 2.24) is 0 Å². The van der Waals surface area contributed by atoms with Crippen LogP contribution in [0.3, 0.4) is 0 Å². The molecule has 0 fully saturated rings. The van der Waals surface area contributed by atoms with Crippen molar-refractivity contribution in [2.45, 2.75) is 13.1 Å². The van der Waals surface area contributed by atoms with Crippen LogP contribution in [0.2, 0.25) is 0 Å². The molecule has 2 aromatic carbocycles. The van der Waals surface area contributed by atoms with E-state index in [-0.39, 0.29) is 0 Å². The van der Waals surface area contributed by atoms with Crippen molar-refractivity contribution in [1.29, 1.82) is 0 Å². The average molecular weight is 238 g/mol. The highest BCUT2D eigenvalue weighted by molar-refractivity contribution is 5.78. The molecular formula is C16H18N2. The van der Waals surface area contributed by atoms with Gasteiger partial charge in [-0.2, -0.15) is 0 Å². The van der Waals surface area contributed by atoms with E-state index in [0.29, 0.717) is 13.1 Å². The van der Waals surface area contributed by atoms with Gasteiger partial charge in [0.25, 0.3) is 0 Å². The Balaban J connectivity index is 2.29. The standard InChI is InChI=1S/C16H18N2/c1-12(15-7-5-13(10-17)6-8-15)16-4-2-3-14(9-16)11-18/h2-9H,1,10-11,17-18H2. The lowest BCUT2D eigenvalue weighted by atomic mass is 9.97. The largest absolute Gasteiger partial charge is 0.326 e. The van der Waals surface area contributed by atoms with Crippen LogP contribution in [0, 0.1) is 0 Å². The lowest BCUT2D eigenvalue weighted by Gasteiger charge is -2.08. The zero-order chi connectivity index (χ0) is 13.0. The summed E-state index contributed by atoms with van der Waals surface area (Å²) in [5.74, 6) is 0. The third-order valence-corrected chi connectivity index (χ3v) is 3.05. The quantitative estimate of drug-likeness (QED) is 0.860. The molecule has 0 aliphatic rings. The van der Waals surface area contributed by atoms with Crippen molar-refractivity contribution in [3.63, 3.8) is 0 Å². The fraction of sp³-hybridized carbons (Fsp3) is 0.125. The van der Waals surface area contributed by atoms with E-state index in [2.05, 4.69) is 30.8 Å². The number of hydrogen-bond acceptors (Lipinski definition) is 2. The Morgan fingerprint density at radius 3 is 2.11 bits per heavy atom. The predicted molar refractivity (Wildman–Crippen MR) is 76.8 cm³/mol. The maximum Gasteiger partial charge on any atom is 0.0178 e. The van der Waals surface area contributed by atoms with Crippen LogP contribution in [0.15, 0.2) is 55.1 Å². The molecule has 0 aliphatic carbocycles. The number of benzene rings is 2. The zero-order valence-corrected chi connectivity index (χ0v) is 10.4. The second kappa shape index (κ2) is 5.63. The second-order valence-corrected chi connectivity index (χ2v) is 4.28. The van der Waals surface area contributed by atoms with Gasteiger partial charge in [0.2, 0.25) is 0 Å². The molecule has 0 aromatic heterocycles. The Morgan fingerprint density at radius 2 is 1.50 bits per heavy atom. The van der Waals surface area contributed by atoms with Crippen molar-refractivity contribution in [2.24, 2.45) is 11.5 Å². The van der Waals surface area contributed by atoms with Crippen molar-refractivity contribution in [3.05, 3.63) is 77.4 Å². The van der Waals surface area contributed by atoms with Gasteiger partial charge in [-0.3, -0.25) is 0 Å². The van der Waals surface area contributed by atoms with Gasteiger partial charge in [-0.25, -0.2) is 0 Å². The fourth-order valence-electron chi connectivity index (χ4n) is 1.89. The van der Waals surface area contributed by atoms with E-state index in [4.69, 9.17) is 11.5 Å². The lowest BCUT2D eigenvalue weighted by molar-refractivity contribution is 1.07. The van der Waals surface area contributed by atoms with E-state index in [1.807, 2.05) is 24.3 Å². The minimum atomic E-state index is 0.549. The summed E-state index contributed by atoms with van der Waals surface area (Å²) in [4.78, 5) is 0. The van der Waals surface area contributed by atoms with Crippen molar-refractivity contribution < 1.29 is 0 Å². The van der Waals surface area contributed by atoms with Crippen LogP contribution >= 0.6 is 0 Å².